The summed E-state index contributed by atoms with van der Waals surface area (Å²) in [4.78, 5) is 16.1. The smallest absolute Gasteiger partial charge is 0.270 e. The summed E-state index contributed by atoms with van der Waals surface area (Å²) in [6.07, 6.45) is 0.677. The summed E-state index contributed by atoms with van der Waals surface area (Å²) < 4.78 is 5.31. The van der Waals surface area contributed by atoms with Crippen LogP contribution in [-0.2, 0) is 6.42 Å². The minimum Gasteiger partial charge on any atom is -0.496 e. The van der Waals surface area contributed by atoms with Crippen molar-refractivity contribution in [3.63, 3.8) is 0 Å². The molecule has 0 radical (unpaired) electrons. The third kappa shape index (κ3) is 4.20. The molecule has 4 nitrogen and oxygen atoms in total. The summed E-state index contributed by atoms with van der Waals surface area (Å²) in [5.41, 5.74) is 1.36. The van der Waals surface area contributed by atoms with Crippen LogP contribution < -0.4 is 10.1 Å². The van der Waals surface area contributed by atoms with Gasteiger partial charge in [-0.05, 0) is 37.1 Å². The maximum Gasteiger partial charge on any atom is 0.270 e. The Balaban J connectivity index is 2.01. The van der Waals surface area contributed by atoms with Gasteiger partial charge in [0.15, 0.2) is 0 Å². The molecular formula is C16H17ClN2O2. The fourth-order valence-corrected chi connectivity index (χ4v) is 2.25. The van der Waals surface area contributed by atoms with E-state index in [1.54, 1.807) is 25.3 Å². The highest BCUT2D eigenvalue weighted by Gasteiger charge is 2.13. The average molecular weight is 305 g/mol. The first-order chi connectivity index (χ1) is 10.1. The van der Waals surface area contributed by atoms with Crippen LogP contribution in [0.1, 0.15) is 23.0 Å². The molecule has 0 fully saturated rings. The predicted octanol–water partition coefficient (Wildman–Crippen LogP) is 3.10. The maximum absolute atomic E-state index is 12.1. The second kappa shape index (κ2) is 7.09. The van der Waals surface area contributed by atoms with Crippen molar-refractivity contribution in [1.82, 2.24) is 10.3 Å². The van der Waals surface area contributed by atoms with Crippen molar-refractivity contribution in [3.05, 3.63) is 58.9 Å². The minimum absolute atomic E-state index is 0.0467. The SMILES string of the molecule is COc1ccccc1CC(C)NC(=O)c1cccc(Cl)n1. The van der Waals surface area contributed by atoms with Crippen molar-refractivity contribution in [2.24, 2.45) is 0 Å². The van der Waals surface area contributed by atoms with Gasteiger partial charge in [0.1, 0.15) is 16.6 Å². The lowest BCUT2D eigenvalue weighted by Gasteiger charge is -2.15. The summed E-state index contributed by atoms with van der Waals surface area (Å²) in [5.74, 6) is 0.583. The molecule has 2 rings (SSSR count). The minimum atomic E-state index is -0.236. The van der Waals surface area contributed by atoms with E-state index in [4.69, 9.17) is 16.3 Å². The number of hydrogen-bond acceptors (Lipinski definition) is 3. The fourth-order valence-electron chi connectivity index (χ4n) is 2.08. The third-order valence-corrected chi connectivity index (χ3v) is 3.25. The number of benzene rings is 1. The van der Waals surface area contributed by atoms with Crippen molar-refractivity contribution >= 4 is 17.5 Å². The summed E-state index contributed by atoms with van der Waals surface area (Å²) >= 11 is 5.79. The van der Waals surface area contributed by atoms with Crippen molar-refractivity contribution in [2.75, 3.05) is 7.11 Å². The monoisotopic (exact) mass is 304 g/mol. The third-order valence-electron chi connectivity index (χ3n) is 3.04. The largest absolute Gasteiger partial charge is 0.496 e. The van der Waals surface area contributed by atoms with Gasteiger partial charge in [0.05, 0.1) is 7.11 Å². The normalized spacial score (nSPS) is 11.8. The number of pyridine rings is 1. The molecule has 1 heterocycles. The lowest BCUT2D eigenvalue weighted by atomic mass is 10.1. The fraction of sp³-hybridized carbons (Fsp3) is 0.250. The summed E-state index contributed by atoms with van der Waals surface area (Å²) in [6, 6.07) is 12.7. The van der Waals surface area contributed by atoms with E-state index in [1.807, 2.05) is 31.2 Å². The number of ether oxygens (including phenoxy) is 1. The molecule has 0 saturated carbocycles. The molecule has 0 bridgehead atoms. The van der Waals surface area contributed by atoms with Gasteiger partial charge < -0.3 is 10.1 Å². The lowest BCUT2D eigenvalue weighted by Crippen LogP contribution is -2.34. The van der Waals surface area contributed by atoms with Crippen molar-refractivity contribution < 1.29 is 9.53 Å². The average Bonchev–Trinajstić information content (AvgIpc) is 2.47. The number of amides is 1. The predicted molar refractivity (Wildman–Crippen MR) is 82.9 cm³/mol. The van der Waals surface area contributed by atoms with Crippen LogP contribution in [0.4, 0.5) is 0 Å². The van der Waals surface area contributed by atoms with E-state index in [9.17, 15) is 4.79 Å². The zero-order valence-corrected chi connectivity index (χ0v) is 12.7. The Morgan fingerprint density at radius 1 is 1.29 bits per heavy atom. The molecule has 0 saturated heterocycles. The molecule has 1 amide bonds. The van der Waals surface area contributed by atoms with Gasteiger partial charge in [0.2, 0.25) is 0 Å². The molecule has 1 atom stereocenters. The Morgan fingerprint density at radius 3 is 2.76 bits per heavy atom. The first kappa shape index (κ1) is 15.3. The number of halogens is 1. The molecule has 1 unspecified atom stereocenters. The Kier molecular flexibility index (Phi) is 5.17. The van der Waals surface area contributed by atoms with Gasteiger partial charge in [0.25, 0.3) is 5.91 Å². The van der Waals surface area contributed by atoms with Gasteiger partial charge in [-0.2, -0.15) is 0 Å². The molecule has 1 aromatic carbocycles. The number of nitrogens with zero attached hydrogens (tertiary/aromatic N) is 1. The van der Waals surface area contributed by atoms with E-state index < -0.39 is 0 Å². The number of methoxy groups -OCH3 is 1. The molecule has 5 heteroatoms. The van der Waals surface area contributed by atoms with Crippen LogP contribution in [0, 0.1) is 0 Å². The van der Waals surface area contributed by atoms with Crippen LogP contribution in [0.25, 0.3) is 0 Å². The Hall–Kier alpha value is -2.07. The molecule has 1 aromatic heterocycles. The standard InChI is InChI=1S/C16H17ClN2O2/c1-11(10-12-6-3-4-8-14(12)21-2)18-16(20)13-7-5-9-15(17)19-13/h3-9,11H,10H2,1-2H3,(H,18,20). The van der Waals surface area contributed by atoms with Gasteiger partial charge >= 0.3 is 0 Å². The molecular weight excluding hydrogens is 288 g/mol. The van der Waals surface area contributed by atoms with Gasteiger partial charge in [-0.15, -0.1) is 0 Å². The molecule has 0 aliphatic heterocycles. The highest BCUT2D eigenvalue weighted by molar-refractivity contribution is 6.29. The molecule has 2 aromatic rings. The van der Waals surface area contributed by atoms with Crippen molar-refractivity contribution in [3.8, 4) is 5.75 Å². The molecule has 0 spiro atoms. The van der Waals surface area contributed by atoms with Gasteiger partial charge in [-0.1, -0.05) is 35.9 Å². The molecule has 1 N–H and O–H groups in total. The molecule has 0 aliphatic rings. The van der Waals surface area contributed by atoms with Gasteiger partial charge in [-0.3, -0.25) is 4.79 Å². The number of nitrogens with one attached hydrogen (secondary N) is 1. The Labute approximate surface area is 129 Å². The number of carbonyl (C=O) groups excluding carboxylic acids is 1. The quantitative estimate of drug-likeness (QED) is 0.864. The molecule has 110 valence electrons. The van der Waals surface area contributed by atoms with Crippen LogP contribution in [-0.4, -0.2) is 24.0 Å². The second-order valence-electron chi connectivity index (χ2n) is 4.74. The zero-order valence-electron chi connectivity index (χ0n) is 12.0. The van der Waals surface area contributed by atoms with Gasteiger partial charge in [0, 0.05) is 6.04 Å². The van der Waals surface area contributed by atoms with Crippen LogP contribution in [0.3, 0.4) is 0 Å². The molecule has 21 heavy (non-hydrogen) atoms. The maximum atomic E-state index is 12.1. The van der Waals surface area contributed by atoms with Crippen LogP contribution >= 0.6 is 11.6 Å². The van der Waals surface area contributed by atoms with Crippen LogP contribution in [0.2, 0.25) is 5.15 Å². The topological polar surface area (TPSA) is 51.2 Å². The van der Waals surface area contributed by atoms with Gasteiger partial charge in [-0.25, -0.2) is 4.98 Å². The number of aromatic nitrogens is 1. The lowest BCUT2D eigenvalue weighted by molar-refractivity contribution is 0.0935. The van der Waals surface area contributed by atoms with Crippen molar-refractivity contribution in [2.45, 2.75) is 19.4 Å². The number of para-hydroxylation sites is 1. The number of carbonyl (C=O) groups is 1. The number of hydrogen-bond donors (Lipinski definition) is 1. The highest BCUT2D eigenvalue weighted by atomic mass is 35.5. The highest BCUT2D eigenvalue weighted by Crippen LogP contribution is 2.19. The summed E-state index contributed by atoms with van der Waals surface area (Å²) in [5, 5.41) is 3.21. The first-order valence-corrected chi connectivity index (χ1v) is 7.03. The number of rotatable bonds is 5. The van der Waals surface area contributed by atoms with E-state index >= 15 is 0 Å². The Morgan fingerprint density at radius 2 is 2.05 bits per heavy atom. The van der Waals surface area contributed by atoms with E-state index in [-0.39, 0.29) is 11.9 Å². The zero-order chi connectivity index (χ0) is 15.2. The van der Waals surface area contributed by atoms with E-state index in [1.165, 1.54) is 0 Å². The van der Waals surface area contributed by atoms with E-state index in [2.05, 4.69) is 10.3 Å². The molecule has 0 aliphatic carbocycles. The summed E-state index contributed by atoms with van der Waals surface area (Å²) in [7, 11) is 1.64. The van der Waals surface area contributed by atoms with Crippen LogP contribution in [0.15, 0.2) is 42.5 Å². The van der Waals surface area contributed by atoms with E-state index in [0.29, 0.717) is 17.3 Å². The van der Waals surface area contributed by atoms with Crippen molar-refractivity contribution in [1.29, 1.82) is 0 Å². The Bertz CT molecular complexity index is 631. The van der Waals surface area contributed by atoms with E-state index in [0.717, 1.165) is 11.3 Å². The van der Waals surface area contributed by atoms with Crippen LogP contribution in [0.5, 0.6) is 5.75 Å². The summed E-state index contributed by atoms with van der Waals surface area (Å²) in [6.45, 7) is 1.94. The first-order valence-electron chi connectivity index (χ1n) is 6.65. The second-order valence-corrected chi connectivity index (χ2v) is 5.12.